The summed E-state index contributed by atoms with van der Waals surface area (Å²) < 4.78 is 1.15. The largest absolute Gasteiger partial charge is 0.327 e. The Balaban J connectivity index is 1.93. The van der Waals surface area contributed by atoms with Crippen LogP contribution in [-0.4, -0.2) is 6.04 Å². The summed E-state index contributed by atoms with van der Waals surface area (Å²) in [6.07, 6.45) is 1.89. The van der Waals surface area contributed by atoms with Gasteiger partial charge in [-0.25, -0.2) is 0 Å². The number of benzene rings is 1. The van der Waals surface area contributed by atoms with Crippen LogP contribution in [0.3, 0.4) is 0 Å². The molecule has 1 nitrogen and oxygen atoms in total. The highest BCUT2D eigenvalue weighted by Gasteiger charge is 2.07. The molecule has 1 atom stereocenters. The monoisotopic (exact) mass is 309 g/mol. The minimum Gasteiger partial charge on any atom is -0.327 e. The van der Waals surface area contributed by atoms with E-state index in [9.17, 15) is 0 Å². The molecule has 0 spiro atoms. The lowest BCUT2D eigenvalue weighted by molar-refractivity contribution is 0.670. The molecule has 0 amide bonds. The lowest BCUT2D eigenvalue weighted by Crippen LogP contribution is -2.25. The second-order valence-electron chi connectivity index (χ2n) is 4.39. The maximum Gasteiger partial charge on any atom is 0.0285 e. The molecule has 0 saturated carbocycles. The van der Waals surface area contributed by atoms with Gasteiger partial charge in [-0.05, 0) is 47.3 Å². The van der Waals surface area contributed by atoms with Crippen molar-refractivity contribution in [2.75, 3.05) is 0 Å². The molecule has 2 N–H and O–H groups in total. The van der Waals surface area contributed by atoms with E-state index in [4.69, 9.17) is 5.73 Å². The van der Waals surface area contributed by atoms with Gasteiger partial charge in [-0.15, -0.1) is 11.3 Å². The van der Waals surface area contributed by atoms with Gasteiger partial charge in [0, 0.05) is 20.8 Å². The van der Waals surface area contributed by atoms with Crippen molar-refractivity contribution in [2.45, 2.75) is 25.8 Å². The number of hydrogen-bond acceptors (Lipinski definition) is 2. The SMILES string of the molecule is Cc1ccc(CC(N)Cc2cc(Br)cs2)cc1. The molecule has 0 radical (unpaired) electrons. The summed E-state index contributed by atoms with van der Waals surface area (Å²) in [7, 11) is 0. The van der Waals surface area contributed by atoms with E-state index in [1.165, 1.54) is 16.0 Å². The van der Waals surface area contributed by atoms with Crippen molar-refractivity contribution in [1.29, 1.82) is 0 Å². The number of aryl methyl sites for hydroxylation is 1. The van der Waals surface area contributed by atoms with E-state index < -0.39 is 0 Å². The Morgan fingerprint density at radius 2 is 1.94 bits per heavy atom. The first-order valence-corrected chi connectivity index (χ1v) is 7.35. The van der Waals surface area contributed by atoms with Gasteiger partial charge in [-0.1, -0.05) is 29.8 Å². The normalized spacial score (nSPS) is 12.6. The molecule has 2 rings (SSSR count). The maximum atomic E-state index is 6.18. The zero-order valence-corrected chi connectivity index (χ0v) is 12.2. The number of hydrogen-bond donors (Lipinski definition) is 1. The summed E-state index contributed by atoms with van der Waals surface area (Å²) in [4.78, 5) is 1.34. The van der Waals surface area contributed by atoms with Crippen molar-refractivity contribution in [3.63, 3.8) is 0 Å². The Kier molecular flexibility index (Phi) is 4.37. The Labute approximate surface area is 115 Å². The third-order valence-electron chi connectivity index (χ3n) is 2.70. The second-order valence-corrected chi connectivity index (χ2v) is 6.30. The molecular formula is C14H16BrNS. The summed E-state index contributed by atoms with van der Waals surface area (Å²) in [5, 5.41) is 2.11. The molecule has 1 unspecified atom stereocenters. The molecule has 0 aliphatic heterocycles. The quantitative estimate of drug-likeness (QED) is 0.910. The van der Waals surface area contributed by atoms with E-state index in [0.717, 1.165) is 17.3 Å². The standard InChI is InChI=1S/C14H16BrNS/c1-10-2-4-11(5-3-10)6-13(16)8-14-7-12(15)9-17-14/h2-5,7,9,13H,6,8,16H2,1H3. The molecule has 0 aliphatic carbocycles. The molecule has 1 aromatic heterocycles. The third kappa shape index (κ3) is 3.95. The zero-order valence-electron chi connectivity index (χ0n) is 9.82. The Morgan fingerprint density at radius 1 is 1.24 bits per heavy atom. The summed E-state index contributed by atoms with van der Waals surface area (Å²) in [5.41, 5.74) is 8.79. The lowest BCUT2D eigenvalue weighted by atomic mass is 10.0. The summed E-state index contributed by atoms with van der Waals surface area (Å²) >= 11 is 5.23. The highest BCUT2D eigenvalue weighted by molar-refractivity contribution is 9.10. The summed E-state index contributed by atoms with van der Waals surface area (Å²) in [6, 6.07) is 11.0. The molecule has 1 aromatic carbocycles. The molecule has 0 fully saturated rings. The van der Waals surface area contributed by atoms with Crippen molar-refractivity contribution in [1.82, 2.24) is 0 Å². The van der Waals surface area contributed by atoms with Gasteiger partial charge in [0.2, 0.25) is 0 Å². The van der Waals surface area contributed by atoms with Gasteiger partial charge in [0.1, 0.15) is 0 Å². The van der Waals surface area contributed by atoms with E-state index in [1.807, 2.05) is 0 Å². The molecule has 0 bridgehead atoms. The Bertz CT molecular complexity index is 475. The van der Waals surface area contributed by atoms with Crippen LogP contribution in [0.25, 0.3) is 0 Å². The lowest BCUT2D eigenvalue weighted by Gasteiger charge is -2.10. The fraction of sp³-hybridized carbons (Fsp3) is 0.286. The van der Waals surface area contributed by atoms with E-state index in [0.29, 0.717) is 0 Å². The summed E-state index contributed by atoms with van der Waals surface area (Å²) in [5.74, 6) is 0. The molecular weight excluding hydrogens is 294 g/mol. The van der Waals surface area contributed by atoms with E-state index in [2.05, 4.69) is 58.6 Å². The number of rotatable bonds is 4. The first-order chi connectivity index (χ1) is 8.13. The van der Waals surface area contributed by atoms with Crippen LogP contribution in [0.15, 0.2) is 40.2 Å². The van der Waals surface area contributed by atoms with Gasteiger partial charge in [0.15, 0.2) is 0 Å². The van der Waals surface area contributed by atoms with Crippen molar-refractivity contribution < 1.29 is 0 Å². The number of nitrogens with two attached hydrogens (primary N) is 1. The van der Waals surface area contributed by atoms with Crippen molar-refractivity contribution in [3.05, 3.63) is 56.2 Å². The van der Waals surface area contributed by atoms with Crippen molar-refractivity contribution in [3.8, 4) is 0 Å². The minimum absolute atomic E-state index is 0.197. The van der Waals surface area contributed by atoms with Crippen LogP contribution in [0, 0.1) is 6.92 Å². The van der Waals surface area contributed by atoms with Crippen LogP contribution in [0.1, 0.15) is 16.0 Å². The Morgan fingerprint density at radius 3 is 2.53 bits per heavy atom. The third-order valence-corrected chi connectivity index (χ3v) is 4.42. The van der Waals surface area contributed by atoms with Crippen LogP contribution in [-0.2, 0) is 12.8 Å². The first-order valence-electron chi connectivity index (χ1n) is 5.67. The highest BCUT2D eigenvalue weighted by Crippen LogP contribution is 2.21. The van der Waals surface area contributed by atoms with Gasteiger partial charge in [-0.2, -0.15) is 0 Å². The first kappa shape index (κ1) is 12.8. The van der Waals surface area contributed by atoms with Gasteiger partial charge in [0.05, 0.1) is 0 Å². The van der Waals surface area contributed by atoms with Crippen molar-refractivity contribution >= 4 is 27.3 Å². The molecule has 0 aliphatic rings. The van der Waals surface area contributed by atoms with Crippen LogP contribution in [0.2, 0.25) is 0 Å². The molecule has 90 valence electrons. The van der Waals surface area contributed by atoms with Crippen molar-refractivity contribution in [2.24, 2.45) is 5.73 Å². The fourth-order valence-electron chi connectivity index (χ4n) is 1.82. The average molecular weight is 310 g/mol. The topological polar surface area (TPSA) is 26.0 Å². The Hall–Kier alpha value is -0.640. The van der Waals surface area contributed by atoms with E-state index in [-0.39, 0.29) is 6.04 Å². The van der Waals surface area contributed by atoms with E-state index >= 15 is 0 Å². The van der Waals surface area contributed by atoms with Gasteiger partial charge in [-0.3, -0.25) is 0 Å². The maximum absolute atomic E-state index is 6.18. The molecule has 1 heterocycles. The van der Waals surface area contributed by atoms with Crippen LogP contribution in [0.5, 0.6) is 0 Å². The summed E-state index contributed by atoms with van der Waals surface area (Å²) in [6.45, 7) is 2.10. The van der Waals surface area contributed by atoms with Gasteiger partial charge in [0.25, 0.3) is 0 Å². The predicted molar refractivity (Wildman–Crippen MR) is 78.6 cm³/mol. The van der Waals surface area contributed by atoms with Crippen LogP contribution in [0.4, 0.5) is 0 Å². The molecule has 0 saturated heterocycles. The molecule has 3 heteroatoms. The molecule has 2 aromatic rings. The number of halogens is 1. The molecule has 17 heavy (non-hydrogen) atoms. The fourth-order valence-corrected chi connectivity index (χ4v) is 3.36. The number of thiophene rings is 1. The minimum atomic E-state index is 0.197. The smallest absolute Gasteiger partial charge is 0.0285 e. The second kappa shape index (κ2) is 5.80. The van der Waals surface area contributed by atoms with Crippen LogP contribution < -0.4 is 5.73 Å². The van der Waals surface area contributed by atoms with Crippen LogP contribution >= 0.6 is 27.3 Å². The predicted octanol–water partition coefficient (Wildman–Crippen LogP) is 3.93. The zero-order chi connectivity index (χ0) is 12.3. The van der Waals surface area contributed by atoms with Gasteiger partial charge < -0.3 is 5.73 Å². The average Bonchev–Trinajstić information content (AvgIpc) is 2.67. The highest BCUT2D eigenvalue weighted by atomic mass is 79.9. The van der Waals surface area contributed by atoms with Gasteiger partial charge >= 0.3 is 0 Å². The van der Waals surface area contributed by atoms with E-state index in [1.54, 1.807) is 11.3 Å².